The molecule has 0 fully saturated rings. The second-order valence-corrected chi connectivity index (χ2v) is 5.68. The third-order valence-corrected chi connectivity index (χ3v) is 3.58. The lowest BCUT2D eigenvalue weighted by Crippen LogP contribution is -2.50. The Morgan fingerprint density at radius 1 is 1.30 bits per heavy atom. The molecule has 0 aliphatic heterocycles. The van der Waals surface area contributed by atoms with E-state index >= 15 is 0 Å². The van der Waals surface area contributed by atoms with Gasteiger partial charge in [-0.05, 0) is 33.5 Å². The van der Waals surface area contributed by atoms with E-state index in [9.17, 15) is 9.90 Å². The molecule has 2 amide bonds. The molecule has 0 aliphatic rings. The summed E-state index contributed by atoms with van der Waals surface area (Å²) in [6.07, 6.45) is 0. The summed E-state index contributed by atoms with van der Waals surface area (Å²) >= 11 is 0. The zero-order chi connectivity index (χ0) is 15.2. The van der Waals surface area contributed by atoms with Crippen LogP contribution in [0.2, 0.25) is 0 Å². The summed E-state index contributed by atoms with van der Waals surface area (Å²) in [4.78, 5) is 14.0. The van der Waals surface area contributed by atoms with E-state index in [4.69, 9.17) is 0 Å². The van der Waals surface area contributed by atoms with Crippen LogP contribution in [0.4, 0.5) is 4.79 Å². The number of carbonyl (C=O) groups is 1. The molecule has 3 N–H and O–H groups in total. The van der Waals surface area contributed by atoms with Crippen molar-refractivity contribution in [3.05, 3.63) is 35.9 Å². The van der Waals surface area contributed by atoms with Gasteiger partial charge in [-0.25, -0.2) is 4.79 Å². The van der Waals surface area contributed by atoms with Gasteiger partial charge in [-0.2, -0.15) is 0 Å². The van der Waals surface area contributed by atoms with E-state index in [-0.39, 0.29) is 18.2 Å². The Kier molecular flexibility index (Phi) is 5.98. The monoisotopic (exact) mass is 279 g/mol. The number of likely N-dealkylation sites (N-methyl/N-ethyl adjacent to an activating group) is 1. The van der Waals surface area contributed by atoms with E-state index in [1.807, 2.05) is 63.2 Å². The maximum Gasteiger partial charge on any atom is 0.315 e. The normalized spacial score (nSPS) is 13.1. The van der Waals surface area contributed by atoms with E-state index in [0.29, 0.717) is 6.54 Å². The molecule has 0 saturated carbocycles. The summed E-state index contributed by atoms with van der Waals surface area (Å²) in [7, 11) is 3.94. The minimum atomic E-state index is -0.390. The molecule has 0 aromatic heterocycles. The molecule has 0 heterocycles. The van der Waals surface area contributed by atoms with Gasteiger partial charge in [0, 0.05) is 12.1 Å². The van der Waals surface area contributed by atoms with Crippen molar-refractivity contribution in [2.45, 2.75) is 25.4 Å². The molecular formula is C15H25N3O2. The van der Waals surface area contributed by atoms with Crippen LogP contribution in [0.25, 0.3) is 0 Å². The number of hydrogen-bond acceptors (Lipinski definition) is 3. The molecule has 112 valence electrons. The average molecular weight is 279 g/mol. The summed E-state index contributed by atoms with van der Waals surface area (Å²) in [5.41, 5.74) is 0.760. The first-order valence-corrected chi connectivity index (χ1v) is 6.74. The van der Waals surface area contributed by atoms with Gasteiger partial charge in [0.15, 0.2) is 0 Å². The van der Waals surface area contributed by atoms with Gasteiger partial charge in [0.05, 0.1) is 12.6 Å². The van der Waals surface area contributed by atoms with Crippen molar-refractivity contribution < 1.29 is 9.90 Å². The number of nitrogens with zero attached hydrogens (tertiary/aromatic N) is 1. The number of hydrogen-bond donors (Lipinski definition) is 3. The Labute approximate surface area is 121 Å². The lowest BCUT2D eigenvalue weighted by molar-refractivity contribution is 0.182. The van der Waals surface area contributed by atoms with Gasteiger partial charge in [0.1, 0.15) is 0 Å². The molecule has 0 radical (unpaired) electrons. The van der Waals surface area contributed by atoms with Crippen LogP contribution in [0.3, 0.4) is 0 Å². The fraction of sp³-hybridized carbons (Fsp3) is 0.533. The van der Waals surface area contributed by atoms with Gasteiger partial charge in [-0.1, -0.05) is 30.3 Å². The SMILES string of the molecule is CN(C)C(C)(C)CNC(=O)N[C@@H](CO)c1ccccc1. The third-order valence-electron chi connectivity index (χ3n) is 3.58. The van der Waals surface area contributed by atoms with Crippen molar-refractivity contribution in [1.29, 1.82) is 0 Å². The predicted octanol–water partition coefficient (Wildman–Crippen LogP) is 1.36. The van der Waals surface area contributed by atoms with E-state index in [2.05, 4.69) is 10.6 Å². The zero-order valence-electron chi connectivity index (χ0n) is 12.7. The highest BCUT2D eigenvalue weighted by Crippen LogP contribution is 2.11. The third kappa shape index (κ3) is 4.83. The van der Waals surface area contributed by atoms with Gasteiger partial charge < -0.3 is 20.6 Å². The van der Waals surface area contributed by atoms with Crippen molar-refractivity contribution in [1.82, 2.24) is 15.5 Å². The molecule has 5 heteroatoms. The number of carbonyl (C=O) groups excluding carboxylic acids is 1. The molecule has 0 saturated heterocycles. The largest absolute Gasteiger partial charge is 0.394 e. The van der Waals surface area contributed by atoms with Gasteiger partial charge in [-0.3, -0.25) is 0 Å². The van der Waals surface area contributed by atoms with Crippen LogP contribution in [0.1, 0.15) is 25.5 Å². The van der Waals surface area contributed by atoms with Crippen LogP contribution in [-0.2, 0) is 0 Å². The molecule has 1 atom stereocenters. The van der Waals surface area contributed by atoms with Crippen molar-refractivity contribution in [2.24, 2.45) is 0 Å². The van der Waals surface area contributed by atoms with Gasteiger partial charge in [-0.15, -0.1) is 0 Å². The maximum atomic E-state index is 11.9. The maximum absolute atomic E-state index is 11.9. The molecule has 1 rings (SSSR count). The van der Waals surface area contributed by atoms with Crippen LogP contribution in [0, 0.1) is 0 Å². The molecule has 0 spiro atoms. The van der Waals surface area contributed by atoms with Crippen molar-refractivity contribution in [3.8, 4) is 0 Å². The van der Waals surface area contributed by atoms with Crippen molar-refractivity contribution >= 4 is 6.03 Å². The molecule has 20 heavy (non-hydrogen) atoms. The molecule has 5 nitrogen and oxygen atoms in total. The second kappa shape index (κ2) is 7.26. The molecular weight excluding hydrogens is 254 g/mol. The fourth-order valence-electron chi connectivity index (χ4n) is 1.58. The average Bonchev–Trinajstić information content (AvgIpc) is 2.43. The topological polar surface area (TPSA) is 64.6 Å². The molecule has 0 bridgehead atoms. The van der Waals surface area contributed by atoms with E-state index in [0.717, 1.165) is 5.56 Å². The van der Waals surface area contributed by atoms with Gasteiger partial charge >= 0.3 is 6.03 Å². The van der Waals surface area contributed by atoms with Crippen LogP contribution >= 0.6 is 0 Å². The standard InChI is InChI=1S/C15H25N3O2/c1-15(2,18(3)4)11-16-14(20)17-13(10-19)12-8-6-5-7-9-12/h5-9,13,19H,10-11H2,1-4H3,(H2,16,17,20)/t13-/m0/s1. The minimum absolute atomic E-state index is 0.126. The molecule has 1 aromatic carbocycles. The van der Waals surface area contributed by atoms with Crippen molar-refractivity contribution in [3.63, 3.8) is 0 Å². The Bertz CT molecular complexity index is 418. The number of aliphatic hydroxyl groups is 1. The van der Waals surface area contributed by atoms with E-state index in [1.165, 1.54) is 0 Å². The quantitative estimate of drug-likeness (QED) is 0.736. The Morgan fingerprint density at radius 2 is 1.90 bits per heavy atom. The number of rotatable bonds is 6. The summed E-state index contributed by atoms with van der Waals surface area (Å²) in [5.74, 6) is 0. The number of nitrogens with one attached hydrogen (secondary N) is 2. The first-order valence-electron chi connectivity index (χ1n) is 6.74. The molecule has 0 aliphatic carbocycles. The van der Waals surface area contributed by atoms with E-state index in [1.54, 1.807) is 0 Å². The van der Waals surface area contributed by atoms with Gasteiger partial charge in [0.25, 0.3) is 0 Å². The minimum Gasteiger partial charge on any atom is -0.394 e. The first-order chi connectivity index (χ1) is 9.36. The molecule has 1 aromatic rings. The fourth-order valence-corrected chi connectivity index (χ4v) is 1.58. The number of urea groups is 1. The zero-order valence-corrected chi connectivity index (χ0v) is 12.7. The lowest BCUT2D eigenvalue weighted by atomic mass is 10.0. The lowest BCUT2D eigenvalue weighted by Gasteiger charge is -2.32. The van der Waals surface area contributed by atoms with E-state index < -0.39 is 6.04 Å². The first kappa shape index (κ1) is 16.5. The summed E-state index contributed by atoms with van der Waals surface area (Å²) in [5, 5.41) is 15.0. The molecule has 0 unspecified atom stereocenters. The summed E-state index contributed by atoms with van der Waals surface area (Å²) in [6, 6.07) is 8.76. The second-order valence-electron chi connectivity index (χ2n) is 5.68. The smallest absolute Gasteiger partial charge is 0.315 e. The van der Waals surface area contributed by atoms with Crippen LogP contribution in [0.15, 0.2) is 30.3 Å². The van der Waals surface area contributed by atoms with Crippen molar-refractivity contribution in [2.75, 3.05) is 27.2 Å². The summed E-state index contributed by atoms with van der Waals surface area (Å²) in [6.45, 7) is 4.50. The highest BCUT2D eigenvalue weighted by atomic mass is 16.3. The van der Waals surface area contributed by atoms with Crippen LogP contribution in [-0.4, -0.2) is 48.8 Å². The predicted molar refractivity (Wildman–Crippen MR) is 80.6 cm³/mol. The highest BCUT2D eigenvalue weighted by Gasteiger charge is 2.21. The van der Waals surface area contributed by atoms with Gasteiger partial charge in [0.2, 0.25) is 0 Å². The number of amides is 2. The summed E-state index contributed by atoms with van der Waals surface area (Å²) < 4.78 is 0. The Morgan fingerprint density at radius 3 is 2.40 bits per heavy atom. The van der Waals surface area contributed by atoms with Crippen LogP contribution in [0.5, 0.6) is 0 Å². The number of aliphatic hydroxyl groups excluding tert-OH is 1. The highest BCUT2D eigenvalue weighted by molar-refractivity contribution is 5.74. The Balaban J connectivity index is 2.53. The van der Waals surface area contributed by atoms with Crippen LogP contribution < -0.4 is 10.6 Å². The number of benzene rings is 1. The Hall–Kier alpha value is -1.59.